The van der Waals surface area contributed by atoms with Crippen molar-refractivity contribution in [3.8, 4) is 0 Å². The van der Waals surface area contributed by atoms with Gasteiger partial charge in [0.1, 0.15) is 17.2 Å². The Bertz CT molecular complexity index is 594. The SMILES string of the molecule is CC(=O)N1C(C(=O)NC(C)C(C)C)CSC1c1cccc(F)c1. The molecule has 1 aliphatic rings. The number of halogens is 1. The summed E-state index contributed by atoms with van der Waals surface area (Å²) >= 11 is 1.49. The van der Waals surface area contributed by atoms with Crippen LogP contribution in [0, 0.1) is 11.7 Å². The molecule has 2 rings (SSSR count). The Kier molecular flexibility index (Phi) is 5.68. The van der Waals surface area contributed by atoms with Gasteiger partial charge in [-0.15, -0.1) is 11.8 Å². The van der Waals surface area contributed by atoms with Gasteiger partial charge in [-0.25, -0.2) is 4.39 Å². The van der Waals surface area contributed by atoms with Crippen LogP contribution in [-0.2, 0) is 9.59 Å². The fourth-order valence-corrected chi connectivity index (χ4v) is 3.97. The van der Waals surface area contributed by atoms with Crippen molar-refractivity contribution < 1.29 is 14.0 Å². The molecule has 23 heavy (non-hydrogen) atoms. The number of carbonyl (C=O) groups excluding carboxylic acids is 2. The van der Waals surface area contributed by atoms with Crippen molar-refractivity contribution in [1.29, 1.82) is 0 Å². The first-order valence-corrected chi connectivity index (χ1v) is 8.82. The van der Waals surface area contributed by atoms with Crippen molar-refractivity contribution in [1.82, 2.24) is 10.2 Å². The Morgan fingerprint density at radius 3 is 2.61 bits per heavy atom. The minimum Gasteiger partial charge on any atom is -0.352 e. The highest BCUT2D eigenvalue weighted by Gasteiger charge is 2.41. The van der Waals surface area contributed by atoms with E-state index < -0.39 is 6.04 Å². The molecule has 1 N–H and O–H groups in total. The lowest BCUT2D eigenvalue weighted by Gasteiger charge is -2.29. The zero-order chi connectivity index (χ0) is 17.1. The summed E-state index contributed by atoms with van der Waals surface area (Å²) in [6.07, 6.45) is 0. The molecule has 0 saturated carbocycles. The van der Waals surface area contributed by atoms with Crippen LogP contribution in [0.2, 0.25) is 0 Å². The molecule has 4 nitrogen and oxygen atoms in total. The maximum absolute atomic E-state index is 13.5. The molecule has 126 valence electrons. The number of nitrogens with zero attached hydrogens (tertiary/aromatic N) is 1. The molecule has 1 heterocycles. The van der Waals surface area contributed by atoms with E-state index in [2.05, 4.69) is 5.32 Å². The zero-order valence-corrected chi connectivity index (χ0v) is 14.7. The van der Waals surface area contributed by atoms with Crippen molar-refractivity contribution in [3.05, 3.63) is 35.6 Å². The van der Waals surface area contributed by atoms with Crippen LogP contribution in [0.3, 0.4) is 0 Å². The van der Waals surface area contributed by atoms with Gasteiger partial charge < -0.3 is 10.2 Å². The Balaban J connectivity index is 2.20. The van der Waals surface area contributed by atoms with E-state index in [4.69, 9.17) is 0 Å². The lowest BCUT2D eigenvalue weighted by Crippen LogP contribution is -2.50. The van der Waals surface area contributed by atoms with Gasteiger partial charge >= 0.3 is 0 Å². The third-order valence-electron chi connectivity index (χ3n) is 4.17. The molecule has 0 bridgehead atoms. The average Bonchev–Trinajstić information content (AvgIpc) is 2.92. The van der Waals surface area contributed by atoms with Crippen molar-refractivity contribution in [3.63, 3.8) is 0 Å². The van der Waals surface area contributed by atoms with Crippen molar-refractivity contribution >= 4 is 23.6 Å². The molecule has 0 spiro atoms. The summed E-state index contributed by atoms with van der Waals surface area (Å²) in [5.74, 6) is 0.164. The minimum absolute atomic E-state index is 0.0366. The number of amides is 2. The highest BCUT2D eigenvalue weighted by molar-refractivity contribution is 7.99. The van der Waals surface area contributed by atoms with Gasteiger partial charge in [-0.05, 0) is 30.5 Å². The smallest absolute Gasteiger partial charge is 0.243 e. The fourth-order valence-electron chi connectivity index (χ4n) is 2.50. The fraction of sp³-hybridized carbons (Fsp3) is 0.529. The van der Waals surface area contributed by atoms with E-state index >= 15 is 0 Å². The van der Waals surface area contributed by atoms with Crippen molar-refractivity contribution in [2.75, 3.05) is 5.75 Å². The van der Waals surface area contributed by atoms with E-state index in [9.17, 15) is 14.0 Å². The summed E-state index contributed by atoms with van der Waals surface area (Å²) in [7, 11) is 0. The molecule has 3 atom stereocenters. The molecule has 1 aromatic rings. The Morgan fingerprint density at radius 2 is 2.04 bits per heavy atom. The van der Waals surface area contributed by atoms with E-state index in [0.717, 1.165) is 0 Å². The molecule has 1 saturated heterocycles. The third kappa shape index (κ3) is 4.05. The molecule has 0 aliphatic carbocycles. The number of rotatable bonds is 4. The van der Waals surface area contributed by atoms with Gasteiger partial charge in [-0.1, -0.05) is 26.0 Å². The average molecular weight is 338 g/mol. The lowest BCUT2D eigenvalue weighted by molar-refractivity contribution is -0.138. The standard InChI is InChI=1S/C17H23FN2O2S/c1-10(2)11(3)19-16(22)15-9-23-17(20(15)12(4)21)13-6-5-7-14(18)8-13/h5-8,10-11,15,17H,9H2,1-4H3,(H,19,22). The minimum atomic E-state index is -0.521. The predicted molar refractivity (Wildman–Crippen MR) is 90.3 cm³/mol. The number of carbonyl (C=O) groups is 2. The van der Waals surface area contributed by atoms with Gasteiger partial charge in [-0.3, -0.25) is 9.59 Å². The maximum Gasteiger partial charge on any atom is 0.243 e. The van der Waals surface area contributed by atoms with Crippen LogP contribution >= 0.6 is 11.8 Å². The summed E-state index contributed by atoms with van der Waals surface area (Å²) in [6, 6.07) is 5.72. The molecule has 0 radical (unpaired) electrons. The number of hydrogen-bond donors (Lipinski definition) is 1. The Labute approximate surface area is 140 Å². The van der Waals surface area contributed by atoms with Crippen molar-refractivity contribution in [2.45, 2.75) is 45.2 Å². The van der Waals surface area contributed by atoms with Crippen LogP contribution in [0.1, 0.15) is 38.6 Å². The number of thioether (sulfide) groups is 1. The van der Waals surface area contributed by atoms with Gasteiger partial charge in [0.25, 0.3) is 0 Å². The molecular weight excluding hydrogens is 315 g/mol. The highest BCUT2D eigenvalue weighted by Crippen LogP contribution is 2.41. The first-order valence-electron chi connectivity index (χ1n) is 7.77. The topological polar surface area (TPSA) is 49.4 Å². The Hall–Kier alpha value is -1.56. The van der Waals surface area contributed by atoms with Crippen LogP contribution in [0.25, 0.3) is 0 Å². The van der Waals surface area contributed by atoms with Crippen LogP contribution in [0.5, 0.6) is 0 Å². The summed E-state index contributed by atoms with van der Waals surface area (Å²) in [5, 5.41) is 2.64. The normalized spacial score (nSPS) is 22.3. The number of nitrogens with one attached hydrogen (secondary N) is 1. The Morgan fingerprint density at radius 1 is 1.35 bits per heavy atom. The molecule has 1 aromatic carbocycles. The van der Waals surface area contributed by atoms with Crippen molar-refractivity contribution in [2.24, 2.45) is 5.92 Å². The van der Waals surface area contributed by atoms with Gasteiger partial charge in [0.05, 0.1) is 0 Å². The van der Waals surface area contributed by atoms with E-state index in [1.165, 1.54) is 30.8 Å². The van der Waals surface area contributed by atoms with E-state index in [1.807, 2.05) is 20.8 Å². The van der Waals surface area contributed by atoms with Crippen LogP contribution < -0.4 is 5.32 Å². The van der Waals surface area contributed by atoms with Gasteiger partial charge in [0.2, 0.25) is 11.8 Å². The monoisotopic (exact) mass is 338 g/mol. The molecule has 0 aromatic heterocycles. The maximum atomic E-state index is 13.5. The summed E-state index contributed by atoms with van der Waals surface area (Å²) in [5.41, 5.74) is 0.706. The van der Waals surface area contributed by atoms with E-state index in [0.29, 0.717) is 17.2 Å². The molecule has 2 amide bonds. The molecule has 1 fully saturated rings. The first kappa shape index (κ1) is 17.8. The zero-order valence-electron chi connectivity index (χ0n) is 13.9. The van der Waals surface area contributed by atoms with E-state index in [1.54, 1.807) is 17.0 Å². The second-order valence-electron chi connectivity index (χ2n) is 6.22. The van der Waals surface area contributed by atoms with Gasteiger partial charge in [0, 0.05) is 18.7 Å². The van der Waals surface area contributed by atoms with E-state index in [-0.39, 0.29) is 29.0 Å². The van der Waals surface area contributed by atoms with Crippen LogP contribution in [-0.4, -0.2) is 34.6 Å². The van der Waals surface area contributed by atoms with Gasteiger partial charge in [0.15, 0.2) is 0 Å². The first-order chi connectivity index (χ1) is 10.8. The summed E-state index contributed by atoms with van der Waals surface area (Å²) in [6.45, 7) is 7.47. The molecular formula is C17H23FN2O2S. The third-order valence-corrected chi connectivity index (χ3v) is 5.49. The quantitative estimate of drug-likeness (QED) is 0.918. The number of hydrogen-bond acceptors (Lipinski definition) is 3. The summed E-state index contributed by atoms with van der Waals surface area (Å²) < 4.78 is 13.5. The second-order valence-corrected chi connectivity index (χ2v) is 7.34. The predicted octanol–water partition coefficient (Wildman–Crippen LogP) is 2.95. The summed E-state index contributed by atoms with van der Waals surface area (Å²) in [4.78, 5) is 26.2. The molecule has 1 aliphatic heterocycles. The van der Waals surface area contributed by atoms with Gasteiger partial charge in [-0.2, -0.15) is 0 Å². The van der Waals surface area contributed by atoms with Crippen LogP contribution in [0.15, 0.2) is 24.3 Å². The number of benzene rings is 1. The molecule has 6 heteroatoms. The second kappa shape index (κ2) is 7.34. The lowest BCUT2D eigenvalue weighted by atomic mass is 10.1. The van der Waals surface area contributed by atoms with Crippen LogP contribution in [0.4, 0.5) is 4.39 Å². The highest BCUT2D eigenvalue weighted by atomic mass is 32.2. The molecule has 3 unspecified atom stereocenters. The largest absolute Gasteiger partial charge is 0.352 e.